The average molecular weight is 476 g/mol. The van der Waals surface area contributed by atoms with Gasteiger partial charge in [0, 0.05) is 55.6 Å². The Hall–Kier alpha value is -3.58. The molecule has 1 aliphatic rings. The second kappa shape index (κ2) is 8.99. The molecule has 3 aromatic heterocycles. The van der Waals surface area contributed by atoms with Gasteiger partial charge in [-0.25, -0.2) is 9.37 Å². The summed E-state index contributed by atoms with van der Waals surface area (Å²) in [6.45, 7) is 2.20. The summed E-state index contributed by atoms with van der Waals surface area (Å²) in [5.41, 5.74) is 5.37. The highest BCUT2D eigenvalue weighted by atomic mass is 35.5. The molecule has 5 rings (SSSR count). The van der Waals surface area contributed by atoms with E-state index in [4.69, 9.17) is 11.6 Å². The van der Waals surface area contributed by atoms with Crippen LogP contribution in [0.1, 0.15) is 35.4 Å². The van der Waals surface area contributed by atoms with Crippen LogP contribution < -0.4 is 4.90 Å². The Balaban J connectivity index is 1.43. The van der Waals surface area contributed by atoms with Gasteiger partial charge in [0.15, 0.2) is 0 Å². The Morgan fingerprint density at radius 1 is 1.12 bits per heavy atom. The molecule has 0 saturated carbocycles. The Bertz CT molecular complexity index is 1390. The van der Waals surface area contributed by atoms with Gasteiger partial charge in [-0.2, -0.15) is 5.10 Å². The highest BCUT2D eigenvalue weighted by molar-refractivity contribution is 6.30. The third kappa shape index (κ3) is 4.07. The molecule has 0 spiro atoms. The number of anilines is 1. The van der Waals surface area contributed by atoms with Crippen molar-refractivity contribution >= 4 is 23.2 Å². The molecule has 4 aromatic rings. The van der Waals surface area contributed by atoms with Crippen molar-refractivity contribution in [3.63, 3.8) is 0 Å². The van der Waals surface area contributed by atoms with Gasteiger partial charge in [0.2, 0.25) is 5.91 Å². The maximum absolute atomic E-state index is 15.4. The number of hydrogen-bond donors (Lipinski definition) is 0. The largest absolute Gasteiger partial charge is 0.309 e. The number of carbonyl (C=O) groups excluding carboxylic acids is 1. The summed E-state index contributed by atoms with van der Waals surface area (Å²) < 4.78 is 17.2. The Morgan fingerprint density at radius 3 is 2.74 bits per heavy atom. The van der Waals surface area contributed by atoms with Gasteiger partial charge in [0.25, 0.3) is 0 Å². The van der Waals surface area contributed by atoms with Gasteiger partial charge in [-0.05, 0) is 66.4 Å². The number of aryl methyl sites for hydroxylation is 1. The summed E-state index contributed by atoms with van der Waals surface area (Å²) in [5, 5.41) is 4.49. The van der Waals surface area contributed by atoms with Crippen LogP contribution in [-0.2, 0) is 24.7 Å². The lowest BCUT2D eigenvalue weighted by molar-refractivity contribution is -0.119. The second-order valence-corrected chi connectivity index (χ2v) is 8.83. The molecular formula is C26H23ClFN5O. The second-order valence-electron chi connectivity index (χ2n) is 8.47. The molecule has 1 unspecified atom stereocenters. The van der Waals surface area contributed by atoms with Crippen LogP contribution in [0.25, 0.3) is 11.1 Å². The van der Waals surface area contributed by atoms with Crippen molar-refractivity contribution in [2.24, 2.45) is 7.05 Å². The van der Waals surface area contributed by atoms with Crippen LogP contribution in [-0.4, -0.2) is 32.2 Å². The zero-order valence-electron chi connectivity index (χ0n) is 18.9. The normalized spacial score (nSPS) is 13.7. The zero-order valence-corrected chi connectivity index (χ0v) is 19.6. The van der Waals surface area contributed by atoms with E-state index >= 15 is 4.39 Å². The first-order valence-electron chi connectivity index (χ1n) is 11.1. The SMILES string of the molecule is CC(C(=O)N1CCc2cc(-c3ccnc(Cc4ccnn4C)c3)cc(F)c21)c1cccnc1Cl. The van der Waals surface area contributed by atoms with E-state index in [1.165, 1.54) is 11.0 Å². The lowest BCUT2D eigenvalue weighted by Gasteiger charge is -2.23. The number of nitrogens with zero attached hydrogens (tertiary/aromatic N) is 5. The molecule has 0 aliphatic carbocycles. The van der Waals surface area contributed by atoms with Gasteiger partial charge >= 0.3 is 0 Å². The van der Waals surface area contributed by atoms with Crippen LogP contribution in [0.5, 0.6) is 0 Å². The molecule has 1 amide bonds. The molecule has 1 aromatic carbocycles. The summed E-state index contributed by atoms with van der Waals surface area (Å²) >= 11 is 6.19. The number of benzene rings is 1. The molecule has 0 N–H and O–H groups in total. The van der Waals surface area contributed by atoms with Crippen LogP contribution in [0.2, 0.25) is 5.15 Å². The fourth-order valence-corrected chi connectivity index (χ4v) is 4.77. The van der Waals surface area contributed by atoms with Gasteiger partial charge in [0.1, 0.15) is 11.0 Å². The molecule has 0 saturated heterocycles. The van der Waals surface area contributed by atoms with Crippen LogP contribution in [0.4, 0.5) is 10.1 Å². The number of pyridine rings is 2. The van der Waals surface area contributed by atoms with Crippen LogP contribution in [0, 0.1) is 5.82 Å². The third-order valence-electron chi connectivity index (χ3n) is 6.34. The standard InChI is InChI=1S/C26H23ClFN5O/c1-16(22-4-3-8-30-25(22)27)26(34)33-11-7-18-12-19(14-23(28)24(18)33)17-5-9-29-20(13-17)15-21-6-10-31-32(21)2/h3-6,8-10,12-14,16H,7,11,15H2,1-2H3. The van der Waals surface area contributed by atoms with E-state index in [0.29, 0.717) is 35.8 Å². The maximum Gasteiger partial charge on any atom is 0.234 e. The van der Waals surface area contributed by atoms with Gasteiger partial charge in [-0.3, -0.25) is 14.5 Å². The number of fused-ring (bicyclic) bond motifs is 1. The lowest BCUT2D eigenvalue weighted by atomic mass is 9.99. The molecule has 0 fully saturated rings. The Labute approximate surface area is 202 Å². The molecule has 8 heteroatoms. The van der Waals surface area contributed by atoms with Gasteiger partial charge in [-0.15, -0.1) is 0 Å². The van der Waals surface area contributed by atoms with E-state index < -0.39 is 11.7 Å². The molecule has 0 radical (unpaired) electrons. The Morgan fingerprint density at radius 2 is 1.97 bits per heavy atom. The van der Waals surface area contributed by atoms with E-state index in [2.05, 4.69) is 15.1 Å². The predicted molar refractivity (Wildman–Crippen MR) is 129 cm³/mol. The van der Waals surface area contributed by atoms with Crippen molar-refractivity contribution < 1.29 is 9.18 Å². The van der Waals surface area contributed by atoms with Gasteiger partial charge in [-0.1, -0.05) is 17.7 Å². The summed E-state index contributed by atoms with van der Waals surface area (Å²) in [7, 11) is 1.89. The number of rotatable bonds is 5. The van der Waals surface area contributed by atoms with E-state index in [9.17, 15) is 4.79 Å². The average Bonchev–Trinajstić information content (AvgIpc) is 3.45. The molecule has 34 heavy (non-hydrogen) atoms. The lowest BCUT2D eigenvalue weighted by Crippen LogP contribution is -2.33. The van der Waals surface area contributed by atoms with E-state index in [0.717, 1.165) is 28.1 Å². The van der Waals surface area contributed by atoms with E-state index in [1.54, 1.807) is 37.6 Å². The number of aromatic nitrogens is 4. The van der Waals surface area contributed by atoms with Crippen molar-refractivity contribution in [3.8, 4) is 11.1 Å². The predicted octanol–water partition coefficient (Wildman–Crippen LogP) is 4.95. The number of carbonyl (C=O) groups is 1. The number of halogens is 2. The molecule has 6 nitrogen and oxygen atoms in total. The molecular weight excluding hydrogens is 453 g/mol. The summed E-state index contributed by atoms with van der Waals surface area (Å²) in [5.74, 6) is -1.13. The van der Waals surface area contributed by atoms with Gasteiger partial charge < -0.3 is 4.90 Å². The first-order chi connectivity index (χ1) is 16.4. The van der Waals surface area contributed by atoms with Crippen molar-refractivity contribution in [2.45, 2.75) is 25.7 Å². The van der Waals surface area contributed by atoms with E-state index in [-0.39, 0.29) is 5.91 Å². The monoisotopic (exact) mass is 475 g/mol. The number of amides is 1. The molecule has 4 heterocycles. The molecule has 1 atom stereocenters. The third-order valence-corrected chi connectivity index (χ3v) is 6.66. The van der Waals surface area contributed by atoms with Crippen molar-refractivity contribution in [1.82, 2.24) is 19.7 Å². The van der Waals surface area contributed by atoms with Crippen LogP contribution >= 0.6 is 11.6 Å². The smallest absolute Gasteiger partial charge is 0.234 e. The summed E-state index contributed by atoms with van der Waals surface area (Å²) in [4.78, 5) is 23.3. The van der Waals surface area contributed by atoms with Crippen LogP contribution in [0.3, 0.4) is 0 Å². The molecule has 1 aliphatic heterocycles. The van der Waals surface area contributed by atoms with Crippen molar-refractivity contribution in [3.05, 3.63) is 94.5 Å². The topological polar surface area (TPSA) is 63.9 Å². The quantitative estimate of drug-likeness (QED) is 0.383. The highest BCUT2D eigenvalue weighted by Gasteiger charge is 2.32. The minimum atomic E-state index is -0.527. The van der Waals surface area contributed by atoms with Crippen molar-refractivity contribution in [2.75, 3.05) is 11.4 Å². The fraction of sp³-hybridized carbons (Fsp3) is 0.231. The molecule has 172 valence electrons. The fourth-order valence-electron chi connectivity index (χ4n) is 4.48. The summed E-state index contributed by atoms with van der Waals surface area (Å²) in [6, 6.07) is 12.8. The first-order valence-corrected chi connectivity index (χ1v) is 11.5. The van der Waals surface area contributed by atoms with Crippen LogP contribution in [0.15, 0.2) is 61.1 Å². The Kier molecular flexibility index (Phi) is 5.87. The first kappa shape index (κ1) is 22.2. The number of hydrogen-bond acceptors (Lipinski definition) is 4. The summed E-state index contributed by atoms with van der Waals surface area (Å²) in [6.07, 6.45) is 6.30. The van der Waals surface area contributed by atoms with E-state index in [1.807, 2.05) is 36.0 Å². The zero-order chi connectivity index (χ0) is 23.8. The minimum absolute atomic E-state index is 0.192. The maximum atomic E-state index is 15.4. The van der Waals surface area contributed by atoms with Crippen molar-refractivity contribution in [1.29, 1.82) is 0 Å². The molecule has 0 bridgehead atoms. The van der Waals surface area contributed by atoms with Gasteiger partial charge in [0.05, 0.1) is 11.6 Å². The minimum Gasteiger partial charge on any atom is -0.309 e. The highest BCUT2D eigenvalue weighted by Crippen LogP contribution is 2.37.